The molecule has 0 aliphatic heterocycles. The lowest BCUT2D eigenvalue weighted by molar-refractivity contribution is -0.150. The predicted octanol–water partition coefficient (Wildman–Crippen LogP) is 3.96. The molecule has 0 heterocycles. The van der Waals surface area contributed by atoms with Gasteiger partial charge in [-0.1, -0.05) is 25.4 Å². The van der Waals surface area contributed by atoms with Crippen LogP contribution in [0.5, 0.6) is 5.75 Å². The minimum Gasteiger partial charge on any atom is -0.479 e. The van der Waals surface area contributed by atoms with E-state index >= 15 is 0 Å². The van der Waals surface area contributed by atoms with Gasteiger partial charge in [0.2, 0.25) is 5.85 Å². The van der Waals surface area contributed by atoms with Gasteiger partial charge in [-0.15, -0.1) is 0 Å². The Morgan fingerprint density at radius 1 is 1.37 bits per heavy atom. The molecule has 0 fully saturated rings. The topological polar surface area (TPSA) is 108 Å². The molecule has 1 aromatic rings. The second-order valence-electron chi connectivity index (χ2n) is 7.10. The first-order valence-electron chi connectivity index (χ1n) is 8.11. The molecule has 0 aliphatic rings. The number of hydrogen-bond acceptors (Lipinski definition) is 6. The fourth-order valence-corrected chi connectivity index (χ4v) is 2.95. The molecule has 0 amide bonds. The average Bonchev–Trinajstić information content (AvgIpc) is 2.49. The van der Waals surface area contributed by atoms with Crippen molar-refractivity contribution in [3.63, 3.8) is 0 Å². The van der Waals surface area contributed by atoms with Gasteiger partial charge in [0.1, 0.15) is 0 Å². The van der Waals surface area contributed by atoms with Crippen LogP contribution in [0.2, 0.25) is 5.02 Å². The number of carbonyl (C=O) groups excluding carboxylic acids is 1. The first kappa shape index (κ1) is 25.8. The van der Waals surface area contributed by atoms with Gasteiger partial charge in [-0.05, 0) is 39.0 Å². The molecule has 156 valence electrons. The Morgan fingerprint density at radius 3 is 2.30 bits per heavy atom. The van der Waals surface area contributed by atoms with E-state index in [1.54, 1.807) is 13.8 Å². The number of carbonyl (C=O) groups is 1. The highest BCUT2D eigenvalue weighted by Crippen LogP contribution is 2.50. The zero-order valence-electron chi connectivity index (χ0n) is 16.4. The van der Waals surface area contributed by atoms with Gasteiger partial charge in [-0.2, -0.15) is 0 Å². The lowest BCUT2D eigenvalue weighted by Crippen LogP contribution is -2.27. The monoisotopic (exact) mass is 427 g/mol. The Labute approximate surface area is 164 Å². The van der Waals surface area contributed by atoms with Crippen LogP contribution in [0, 0.1) is 11.7 Å². The summed E-state index contributed by atoms with van der Waals surface area (Å²) in [6, 6.07) is 3.69. The molecule has 2 unspecified atom stereocenters. The Hall–Kier alpha value is -1.18. The molecule has 2 atom stereocenters. The van der Waals surface area contributed by atoms with E-state index in [4.69, 9.17) is 26.8 Å². The maximum atomic E-state index is 13.5. The van der Waals surface area contributed by atoms with Crippen molar-refractivity contribution in [3.8, 4) is 5.75 Å². The summed E-state index contributed by atoms with van der Waals surface area (Å²) in [6.45, 7) is 8.47. The summed E-state index contributed by atoms with van der Waals surface area (Å²) in [7, 11) is -3.05. The summed E-state index contributed by atoms with van der Waals surface area (Å²) < 4.78 is 39.6. The maximum absolute atomic E-state index is 13.5. The second kappa shape index (κ2) is 11.0. The van der Waals surface area contributed by atoms with Crippen LogP contribution >= 0.6 is 19.2 Å². The minimum absolute atomic E-state index is 0. The molecule has 0 spiro atoms. The van der Waals surface area contributed by atoms with Crippen molar-refractivity contribution < 1.29 is 32.6 Å². The van der Waals surface area contributed by atoms with E-state index < -0.39 is 37.8 Å². The van der Waals surface area contributed by atoms with Crippen LogP contribution in [0.4, 0.5) is 4.39 Å². The van der Waals surface area contributed by atoms with Gasteiger partial charge in [-0.25, -0.2) is 9.18 Å². The van der Waals surface area contributed by atoms with Crippen molar-refractivity contribution in [3.05, 3.63) is 29.0 Å². The van der Waals surface area contributed by atoms with Gasteiger partial charge >= 0.3 is 13.6 Å². The highest BCUT2D eigenvalue weighted by molar-refractivity contribution is 7.53. The van der Waals surface area contributed by atoms with Gasteiger partial charge < -0.3 is 24.6 Å². The lowest BCUT2D eigenvalue weighted by Gasteiger charge is -2.24. The van der Waals surface area contributed by atoms with E-state index in [0.29, 0.717) is 0 Å². The first-order chi connectivity index (χ1) is 12.2. The molecule has 0 saturated carbocycles. The number of benzene rings is 1. The van der Waals surface area contributed by atoms with E-state index in [-0.39, 0.29) is 16.3 Å². The molecule has 7 nitrogen and oxygen atoms in total. The number of rotatable bonds is 7. The van der Waals surface area contributed by atoms with Crippen LogP contribution in [0.1, 0.15) is 34.6 Å². The van der Waals surface area contributed by atoms with Gasteiger partial charge in [0, 0.05) is 23.6 Å². The maximum Gasteiger partial charge on any atom is 0.368 e. The van der Waals surface area contributed by atoms with Crippen LogP contribution in [0.25, 0.3) is 0 Å². The van der Waals surface area contributed by atoms with Crippen molar-refractivity contribution in [1.82, 2.24) is 0 Å². The molecule has 3 N–H and O–H groups in total. The summed E-state index contributed by atoms with van der Waals surface area (Å²) in [5, 5.41) is 0.189. The predicted molar refractivity (Wildman–Crippen MR) is 102 cm³/mol. The van der Waals surface area contributed by atoms with E-state index in [0.717, 1.165) is 13.2 Å². The first-order valence-corrected chi connectivity index (χ1v) is 10.1. The molecule has 0 saturated heterocycles. The average molecular weight is 428 g/mol. The Morgan fingerprint density at radius 2 is 1.89 bits per heavy atom. The van der Waals surface area contributed by atoms with Crippen molar-refractivity contribution in [1.29, 1.82) is 0 Å². The van der Waals surface area contributed by atoms with Crippen LogP contribution in [-0.2, 0) is 18.6 Å². The number of nitrogens with two attached hydrogens (primary N) is 1. The van der Waals surface area contributed by atoms with Crippen LogP contribution in [0.15, 0.2) is 18.2 Å². The van der Waals surface area contributed by atoms with Crippen LogP contribution in [0.3, 0.4) is 0 Å². The number of esters is 1. The third kappa shape index (κ3) is 11.3. The summed E-state index contributed by atoms with van der Waals surface area (Å²) in [5.74, 6) is -3.61. The normalized spacial score (nSPS) is 14.6. The molecule has 0 aromatic heterocycles. The zero-order valence-corrected chi connectivity index (χ0v) is 18.0. The van der Waals surface area contributed by atoms with Gasteiger partial charge in [0.05, 0.1) is 0 Å². The Bertz CT molecular complexity index is 659. The van der Waals surface area contributed by atoms with Crippen molar-refractivity contribution in [2.45, 2.75) is 46.0 Å². The Kier molecular flexibility index (Phi) is 10.5. The van der Waals surface area contributed by atoms with Gasteiger partial charge in [-0.3, -0.25) is 4.57 Å². The van der Waals surface area contributed by atoms with Crippen molar-refractivity contribution in [2.24, 2.45) is 11.7 Å². The largest absolute Gasteiger partial charge is 0.479 e. The second-order valence-corrected chi connectivity index (χ2v) is 9.54. The lowest BCUT2D eigenvalue weighted by atomic mass is 10.1. The minimum atomic E-state index is -4.10. The summed E-state index contributed by atoms with van der Waals surface area (Å²) in [4.78, 5) is 21.3. The Balaban J connectivity index is 0.00000119. The molecular formula is C17H28ClFNO6P. The van der Waals surface area contributed by atoms with E-state index in [9.17, 15) is 18.6 Å². The van der Waals surface area contributed by atoms with Gasteiger partial charge in [0.25, 0.3) is 0 Å². The summed E-state index contributed by atoms with van der Waals surface area (Å²) in [5.41, 5.74) is 5.35. The SMILES string of the molecule is CC(C)(C)N.COP(=O)(O)C(OC(=O)COc1ccc(Cl)cc1F)C(C)C. The highest BCUT2D eigenvalue weighted by atomic mass is 35.5. The van der Waals surface area contributed by atoms with E-state index in [1.165, 1.54) is 12.1 Å². The van der Waals surface area contributed by atoms with Gasteiger partial charge in [0.15, 0.2) is 18.2 Å². The molecule has 0 radical (unpaired) electrons. The van der Waals surface area contributed by atoms with E-state index in [2.05, 4.69) is 4.52 Å². The third-order valence-electron chi connectivity index (χ3n) is 2.65. The molecule has 10 heteroatoms. The molecule has 0 aliphatic carbocycles. The molecule has 0 bridgehead atoms. The van der Waals surface area contributed by atoms with E-state index in [1.807, 2.05) is 20.8 Å². The smallest absolute Gasteiger partial charge is 0.368 e. The van der Waals surface area contributed by atoms with Crippen LogP contribution in [-0.4, -0.2) is 36.0 Å². The fraction of sp³-hybridized carbons (Fsp3) is 0.588. The van der Waals surface area contributed by atoms with Crippen molar-refractivity contribution in [2.75, 3.05) is 13.7 Å². The molecule has 27 heavy (non-hydrogen) atoms. The summed E-state index contributed by atoms with van der Waals surface area (Å²) >= 11 is 5.59. The fourth-order valence-electron chi connectivity index (χ4n) is 1.58. The zero-order chi connectivity index (χ0) is 21.4. The highest BCUT2D eigenvalue weighted by Gasteiger charge is 2.37. The third-order valence-corrected chi connectivity index (χ3v) is 4.75. The standard InChI is InChI=1S/C13H17ClFO6P.C4H11N/c1-8(2)13(22(17,18)19-3)21-12(16)7-20-11-5-4-9(14)6-10(11)15;1-4(2,3)5/h4-6,8,13H,7H2,1-3H3,(H,17,18);5H2,1-3H3. The number of hydrogen-bond donors (Lipinski definition) is 2. The quantitative estimate of drug-likeness (QED) is 0.500. The van der Waals surface area contributed by atoms with Crippen LogP contribution < -0.4 is 10.5 Å². The molecule has 1 rings (SSSR count). The molecular weight excluding hydrogens is 400 g/mol. The number of halogens is 2. The molecule has 1 aromatic carbocycles. The van der Waals surface area contributed by atoms with Crippen molar-refractivity contribution >= 4 is 25.2 Å². The summed E-state index contributed by atoms with van der Waals surface area (Å²) in [6.07, 6.45) is 0. The number of ether oxygens (including phenoxy) is 2.